The number of hydrogen-bond acceptors (Lipinski definition) is 4. The van der Waals surface area contributed by atoms with Crippen LogP contribution in [0, 0.1) is 0 Å². The van der Waals surface area contributed by atoms with Gasteiger partial charge in [0.25, 0.3) is 11.8 Å². The number of hydrogen-bond donors (Lipinski definition) is 2. The molecule has 2 amide bonds. The summed E-state index contributed by atoms with van der Waals surface area (Å²) in [5, 5.41) is 3.43. The van der Waals surface area contributed by atoms with Crippen molar-refractivity contribution >= 4 is 39.3 Å². The summed E-state index contributed by atoms with van der Waals surface area (Å²) in [7, 11) is 1.81. The minimum atomic E-state index is -0.481. The minimum absolute atomic E-state index is 0.273. The van der Waals surface area contributed by atoms with Crippen LogP contribution in [0.25, 0.3) is 11.1 Å². The highest BCUT2D eigenvalue weighted by Crippen LogP contribution is 2.38. The standard InChI is InChI=1S/C17H17N3O3S/c1-20-10-6-7-23-12(10)8-11(20)16(22)19-17-14(15(18)21)9-4-2-3-5-13(9)24-17/h6-8H,2-5H2,1H3,(H2,18,21)(H,19,22). The van der Waals surface area contributed by atoms with Gasteiger partial charge in [-0.05, 0) is 31.2 Å². The first kappa shape index (κ1) is 15.0. The maximum Gasteiger partial charge on any atom is 0.273 e. The molecule has 0 spiro atoms. The van der Waals surface area contributed by atoms with Gasteiger partial charge in [-0.25, -0.2) is 0 Å². The zero-order chi connectivity index (χ0) is 16.8. The van der Waals surface area contributed by atoms with E-state index in [1.165, 1.54) is 11.3 Å². The van der Waals surface area contributed by atoms with Crippen molar-refractivity contribution in [1.29, 1.82) is 0 Å². The van der Waals surface area contributed by atoms with Crippen LogP contribution in [0.15, 0.2) is 22.8 Å². The summed E-state index contributed by atoms with van der Waals surface area (Å²) >= 11 is 1.46. The molecule has 0 aromatic carbocycles. The van der Waals surface area contributed by atoms with Crippen LogP contribution in [-0.2, 0) is 19.9 Å². The Balaban J connectivity index is 1.71. The van der Waals surface area contributed by atoms with Gasteiger partial charge in [-0.15, -0.1) is 11.3 Å². The van der Waals surface area contributed by atoms with Crippen LogP contribution in [0.5, 0.6) is 0 Å². The Bertz CT molecular complexity index is 963. The number of nitrogens with one attached hydrogen (secondary N) is 1. The molecular formula is C17H17N3O3S. The van der Waals surface area contributed by atoms with Gasteiger partial charge in [0.1, 0.15) is 10.7 Å². The van der Waals surface area contributed by atoms with E-state index in [-0.39, 0.29) is 5.91 Å². The van der Waals surface area contributed by atoms with Crippen molar-refractivity contribution in [3.63, 3.8) is 0 Å². The summed E-state index contributed by atoms with van der Waals surface area (Å²) in [5.74, 6) is -0.754. The molecule has 0 saturated carbocycles. The SMILES string of the molecule is Cn1c(C(=O)Nc2sc3c(c2C(N)=O)CCCC3)cc2occc21. The number of thiophene rings is 1. The van der Waals surface area contributed by atoms with Crippen LogP contribution in [0.1, 0.15) is 44.1 Å². The predicted molar refractivity (Wildman–Crippen MR) is 92.6 cm³/mol. The molecule has 6 nitrogen and oxygen atoms in total. The number of carbonyl (C=O) groups excluding carboxylic acids is 2. The molecule has 1 aliphatic rings. The highest BCUT2D eigenvalue weighted by atomic mass is 32.1. The summed E-state index contributed by atoms with van der Waals surface area (Å²) in [5.41, 5.74) is 9.03. The van der Waals surface area contributed by atoms with E-state index in [1.807, 2.05) is 6.07 Å². The molecule has 1 aliphatic carbocycles. The van der Waals surface area contributed by atoms with Gasteiger partial charge < -0.3 is 20.0 Å². The summed E-state index contributed by atoms with van der Waals surface area (Å²) in [4.78, 5) is 25.7. The van der Waals surface area contributed by atoms with Crippen molar-refractivity contribution in [3.8, 4) is 0 Å². The number of anilines is 1. The Hall–Kier alpha value is -2.54. The van der Waals surface area contributed by atoms with E-state index in [1.54, 1.807) is 23.9 Å². The first-order valence-electron chi connectivity index (χ1n) is 7.85. The fraction of sp³-hybridized carbons (Fsp3) is 0.294. The molecule has 0 bridgehead atoms. The van der Waals surface area contributed by atoms with Gasteiger partial charge in [0.15, 0.2) is 5.58 Å². The molecule has 3 aromatic heterocycles. The van der Waals surface area contributed by atoms with Gasteiger partial charge in [-0.2, -0.15) is 0 Å². The molecule has 4 rings (SSSR count). The Labute approximate surface area is 142 Å². The van der Waals surface area contributed by atoms with Gasteiger partial charge in [0.05, 0.1) is 17.3 Å². The van der Waals surface area contributed by atoms with Crippen molar-refractivity contribution in [2.75, 3.05) is 5.32 Å². The maximum absolute atomic E-state index is 12.7. The highest BCUT2D eigenvalue weighted by molar-refractivity contribution is 7.17. The lowest BCUT2D eigenvalue weighted by Gasteiger charge is -2.11. The number of furan rings is 1. The molecule has 3 aromatic rings. The number of aryl methyl sites for hydroxylation is 2. The van der Waals surface area contributed by atoms with Crippen molar-refractivity contribution in [3.05, 3.63) is 40.1 Å². The first-order chi connectivity index (χ1) is 11.6. The first-order valence-corrected chi connectivity index (χ1v) is 8.66. The normalized spacial score (nSPS) is 13.9. The summed E-state index contributed by atoms with van der Waals surface area (Å²) < 4.78 is 7.11. The van der Waals surface area contributed by atoms with E-state index in [4.69, 9.17) is 10.2 Å². The minimum Gasteiger partial charge on any atom is -0.463 e. The monoisotopic (exact) mass is 343 g/mol. The zero-order valence-electron chi connectivity index (χ0n) is 13.2. The van der Waals surface area contributed by atoms with E-state index in [0.717, 1.165) is 41.6 Å². The largest absolute Gasteiger partial charge is 0.463 e. The molecule has 24 heavy (non-hydrogen) atoms. The molecular weight excluding hydrogens is 326 g/mol. The Morgan fingerprint density at radius 2 is 2.12 bits per heavy atom. The second-order valence-corrected chi connectivity index (χ2v) is 7.10. The number of amides is 2. The average molecular weight is 343 g/mol. The number of fused-ring (bicyclic) bond motifs is 2. The average Bonchev–Trinajstić information content (AvgIpc) is 3.21. The van der Waals surface area contributed by atoms with E-state index >= 15 is 0 Å². The van der Waals surface area contributed by atoms with Crippen LogP contribution in [0.4, 0.5) is 5.00 Å². The molecule has 0 atom stereocenters. The van der Waals surface area contributed by atoms with Crippen molar-refractivity contribution in [1.82, 2.24) is 4.57 Å². The van der Waals surface area contributed by atoms with Crippen LogP contribution < -0.4 is 11.1 Å². The Kier molecular flexibility index (Phi) is 3.45. The van der Waals surface area contributed by atoms with E-state index in [2.05, 4.69) is 5.32 Å². The molecule has 0 aliphatic heterocycles. The highest BCUT2D eigenvalue weighted by Gasteiger charge is 2.26. The molecule has 0 unspecified atom stereocenters. The zero-order valence-corrected chi connectivity index (χ0v) is 14.0. The van der Waals surface area contributed by atoms with E-state index in [0.29, 0.717) is 21.8 Å². The summed E-state index contributed by atoms with van der Waals surface area (Å²) in [6.45, 7) is 0. The van der Waals surface area contributed by atoms with Crippen molar-refractivity contribution < 1.29 is 14.0 Å². The molecule has 7 heteroatoms. The topological polar surface area (TPSA) is 90.3 Å². The Morgan fingerprint density at radius 1 is 1.33 bits per heavy atom. The molecule has 0 radical (unpaired) electrons. The fourth-order valence-corrected chi connectivity index (χ4v) is 4.64. The van der Waals surface area contributed by atoms with Crippen LogP contribution in [-0.4, -0.2) is 16.4 Å². The third kappa shape index (κ3) is 2.24. The number of nitrogens with zero attached hydrogens (tertiary/aromatic N) is 1. The lowest BCUT2D eigenvalue weighted by Crippen LogP contribution is -2.19. The lowest BCUT2D eigenvalue weighted by molar-refractivity contribution is 0.100. The number of aromatic nitrogens is 1. The third-order valence-electron chi connectivity index (χ3n) is 4.54. The second kappa shape index (κ2) is 5.52. The molecule has 0 saturated heterocycles. The van der Waals surface area contributed by atoms with Gasteiger partial charge in [0, 0.05) is 24.1 Å². The molecule has 3 heterocycles. The summed E-state index contributed by atoms with van der Waals surface area (Å²) in [6, 6.07) is 3.51. The summed E-state index contributed by atoms with van der Waals surface area (Å²) in [6.07, 6.45) is 5.52. The smallest absolute Gasteiger partial charge is 0.273 e. The van der Waals surface area contributed by atoms with Crippen LogP contribution in [0.3, 0.4) is 0 Å². The van der Waals surface area contributed by atoms with Crippen molar-refractivity contribution in [2.24, 2.45) is 12.8 Å². The van der Waals surface area contributed by atoms with E-state index < -0.39 is 5.91 Å². The van der Waals surface area contributed by atoms with Gasteiger partial charge in [-0.3, -0.25) is 9.59 Å². The quantitative estimate of drug-likeness (QED) is 0.766. The van der Waals surface area contributed by atoms with Crippen LogP contribution in [0.2, 0.25) is 0 Å². The van der Waals surface area contributed by atoms with Gasteiger partial charge >= 0.3 is 0 Å². The number of rotatable bonds is 3. The Morgan fingerprint density at radius 3 is 2.88 bits per heavy atom. The van der Waals surface area contributed by atoms with Gasteiger partial charge in [-0.1, -0.05) is 0 Å². The second-order valence-electron chi connectivity index (χ2n) is 5.99. The van der Waals surface area contributed by atoms with Crippen molar-refractivity contribution in [2.45, 2.75) is 25.7 Å². The number of carbonyl (C=O) groups is 2. The molecule has 124 valence electrons. The van der Waals surface area contributed by atoms with E-state index in [9.17, 15) is 9.59 Å². The molecule has 0 fully saturated rings. The number of nitrogens with two attached hydrogens (primary N) is 1. The lowest BCUT2D eigenvalue weighted by atomic mass is 9.95. The van der Waals surface area contributed by atoms with Gasteiger partial charge in [0.2, 0.25) is 0 Å². The third-order valence-corrected chi connectivity index (χ3v) is 5.75. The fourth-order valence-electron chi connectivity index (χ4n) is 3.35. The van der Waals surface area contributed by atoms with Crippen LogP contribution >= 0.6 is 11.3 Å². The predicted octanol–water partition coefficient (Wildman–Crippen LogP) is 3.06. The molecule has 3 N–H and O–H groups in total. The number of primary amides is 1. The maximum atomic E-state index is 12.7.